The lowest BCUT2D eigenvalue weighted by Gasteiger charge is -2.21. The number of fused-ring (bicyclic) bond motifs is 1. The minimum atomic E-state index is -0.998. The normalized spacial score (nSPS) is 13.7. The van der Waals surface area contributed by atoms with Gasteiger partial charge in [-0.2, -0.15) is 0 Å². The van der Waals surface area contributed by atoms with E-state index in [9.17, 15) is 19.2 Å². The van der Waals surface area contributed by atoms with Gasteiger partial charge < -0.3 is 10.6 Å². The van der Waals surface area contributed by atoms with Crippen molar-refractivity contribution in [1.82, 2.24) is 4.90 Å². The Morgan fingerprint density at radius 1 is 0.867 bits per heavy atom. The number of carbonyl (C=O) groups excluding carboxylic acids is 4. The molecule has 1 aromatic heterocycles. The molecule has 8 heteroatoms. The van der Waals surface area contributed by atoms with Gasteiger partial charge in [0.05, 0.1) is 16.0 Å². The summed E-state index contributed by atoms with van der Waals surface area (Å²) in [5.41, 5.74) is 1.54. The standard InChI is InChI=1S/C22H17N3O4S/c1-13(25-21(28)16-8-2-3-9-17(16)22(25)29)19(26)23-14-6-4-7-15(12-14)24-20(27)18-10-5-11-30-18/h2-13H,1H3,(H,23,26)(H,24,27). The molecule has 1 aliphatic rings. The van der Waals surface area contributed by atoms with E-state index in [-0.39, 0.29) is 5.91 Å². The van der Waals surface area contributed by atoms with Crippen LogP contribution in [0.3, 0.4) is 0 Å². The monoisotopic (exact) mass is 419 g/mol. The Bertz CT molecular complexity index is 1120. The molecule has 4 amide bonds. The lowest BCUT2D eigenvalue weighted by atomic mass is 10.1. The molecule has 0 bridgehead atoms. The lowest BCUT2D eigenvalue weighted by Crippen LogP contribution is -2.45. The van der Waals surface area contributed by atoms with Crippen molar-refractivity contribution >= 4 is 46.3 Å². The second kappa shape index (κ2) is 7.92. The van der Waals surface area contributed by atoms with Gasteiger partial charge in [-0.25, -0.2) is 0 Å². The predicted octanol–water partition coefficient (Wildman–Crippen LogP) is 3.62. The first-order valence-electron chi connectivity index (χ1n) is 9.18. The number of thiophene rings is 1. The van der Waals surface area contributed by atoms with Crippen LogP contribution in [0.15, 0.2) is 66.0 Å². The van der Waals surface area contributed by atoms with Crippen LogP contribution in [-0.4, -0.2) is 34.6 Å². The second-order valence-corrected chi connectivity index (χ2v) is 7.65. The van der Waals surface area contributed by atoms with Gasteiger partial charge in [-0.05, 0) is 48.7 Å². The van der Waals surface area contributed by atoms with Crippen LogP contribution in [0.2, 0.25) is 0 Å². The van der Waals surface area contributed by atoms with Gasteiger partial charge in [0.1, 0.15) is 6.04 Å². The molecule has 0 saturated heterocycles. The quantitative estimate of drug-likeness (QED) is 0.618. The molecule has 0 fully saturated rings. The van der Waals surface area contributed by atoms with Gasteiger partial charge in [-0.15, -0.1) is 11.3 Å². The Balaban J connectivity index is 1.46. The zero-order chi connectivity index (χ0) is 21.3. The van der Waals surface area contributed by atoms with Gasteiger partial charge in [-0.3, -0.25) is 24.1 Å². The van der Waals surface area contributed by atoms with Crippen molar-refractivity contribution in [1.29, 1.82) is 0 Å². The summed E-state index contributed by atoms with van der Waals surface area (Å²) in [6.07, 6.45) is 0. The molecule has 1 aliphatic heterocycles. The Morgan fingerprint density at radius 2 is 1.50 bits per heavy atom. The maximum absolute atomic E-state index is 12.7. The first-order chi connectivity index (χ1) is 14.5. The highest BCUT2D eigenvalue weighted by Gasteiger charge is 2.40. The summed E-state index contributed by atoms with van der Waals surface area (Å²) in [7, 11) is 0. The summed E-state index contributed by atoms with van der Waals surface area (Å²) >= 11 is 1.33. The van der Waals surface area contributed by atoms with E-state index in [4.69, 9.17) is 0 Å². The van der Waals surface area contributed by atoms with Crippen molar-refractivity contribution < 1.29 is 19.2 Å². The number of benzene rings is 2. The van der Waals surface area contributed by atoms with Crippen LogP contribution in [0.4, 0.5) is 11.4 Å². The third-order valence-corrected chi connectivity index (χ3v) is 5.59. The molecule has 1 unspecified atom stereocenters. The first-order valence-corrected chi connectivity index (χ1v) is 10.1. The summed E-state index contributed by atoms with van der Waals surface area (Å²) in [6, 6.07) is 15.7. The Labute approximate surface area is 176 Å². The van der Waals surface area contributed by atoms with Crippen LogP contribution in [0, 0.1) is 0 Å². The molecule has 1 atom stereocenters. The zero-order valence-electron chi connectivity index (χ0n) is 15.9. The first kappa shape index (κ1) is 19.5. The number of carbonyl (C=O) groups is 4. The molecular formula is C22H17N3O4S. The Hall–Kier alpha value is -3.78. The molecule has 7 nitrogen and oxygen atoms in total. The van der Waals surface area contributed by atoms with Crippen molar-refractivity contribution in [3.05, 3.63) is 82.0 Å². The van der Waals surface area contributed by atoms with Crippen LogP contribution in [-0.2, 0) is 4.79 Å². The number of nitrogens with one attached hydrogen (secondary N) is 2. The Kier molecular flexibility index (Phi) is 5.16. The van der Waals surface area contributed by atoms with E-state index >= 15 is 0 Å². The molecular weight excluding hydrogens is 402 g/mol. The van der Waals surface area contributed by atoms with Gasteiger partial charge >= 0.3 is 0 Å². The molecule has 150 valence electrons. The maximum atomic E-state index is 12.7. The average molecular weight is 419 g/mol. The number of amides is 4. The summed E-state index contributed by atoms with van der Waals surface area (Å²) in [5.74, 6) is -1.73. The van der Waals surface area contributed by atoms with E-state index in [2.05, 4.69) is 10.6 Å². The number of hydrogen-bond donors (Lipinski definition) is 2. The molecule has 2 aromatic carbocycles. The summed E-state index contributed by atoms with van der Waals surface area (Å²) in [5, 5.41) is 7.28. The van der Waals surface area contributed by atoms with Gasteiger partial charge in [0.25, 0.3) is 17.7 Å². The van der Waals surface area contributed by atoms with E-state index in [1.807, 2.05) is 5.38 Å². The van der Waals surface area contributed by atoms with E-state index in [0.29, 0.717) is 27.4 Å². The fourth-order valence-corrected chi connectivity index (χ4v) is 3.82. The summed E-state index contributed by atoms with van der Waals surface area (Å²) in [4.78, 5) is 51.6. The van der Waals surface area contributed by atoms with E-state index in [1.165, 1.54) is 18.3 Å². The molecule has 3 aromatic rings. The average Bonchev–Trinajstić information content (AvgIpc) is 3.36. The Morgan fingerprint density at radius 3 is 2.10 bits per heavy atom. The number of hydrogen-bond acceptors (Lipinski definition) is 5. The van der Waals surface area contributed by atoms with E-state index in [1.54, 1.807) is 60.7 Å². The molecule has 0 radical (unpaired) electrons. The highest BCUT2D eigenvalue weighted by Crippen LogP contribution is 2.25. The number of anilines is 2. The minimum absolute atomic E-state index is 0.243. The van der Waals surface area contributed by atoms with E-state index < -0.39 is 23.8 Å². The highest BCUT2D eigenvalue weighted by molar-refractivity contribution is 7.12. The molecule has 0 spiro atoms. The molecule has 0 aliphatic carbocycles. The second-order valence-electron chi connectivity index (χ2n) is 6.70. The number of nitrogens with zero attached hydrogens (tertiary/aromatic N) is 1. The van der Waals surface area contributed by atoms with Crippen molar-refractivity contribution in [2.75, 3.05) is 10.6 Å². The third-order valence-electron chi connectivity index (χ3n) is 4.73. The number of imide groups is 1. The van der Waals surface area contributed by atoms with Crippen LogP contribution >= 0.6 is 11.3 Å². The van der Waals surface area contributed by atoms with Crippen LogP contribution in [0.25, 0.3) is 0 Å². The van der Waals surface area contributed by atoms with Gasteiger partial charge in [0, 0.05) is 11.4 Å². The fourth-order valence-electron chi connectivity index (χ4n) is 3.20. The van der Waals surface area contributed by atoms with Crippen molar-refractivity contribution in [3.8, 4) is 0 Å². The summed E-state index contributed by atoms with van der Waals surface area (Å²) < 4.78 is 0. The van der Waals surface area contributed by atoms with Gasteiger partial charge in [-0.1, -0.05) is 24.3 Å². The highest BCUT2D eigenvalue weighted by atomic mass is 32.1. The summed E-state index contributed by atoms with van der Waals surface area (Å²) in [6.45, 7) is 1.50. The SMILES string of the molecule is CC(C(=O)Nc1cccc(NC(=O)c2cccs2)c1)N1C(=O)c2ccccc2C1=O. The molecule has 30 heavy (non-hydrogen) atoms. The van der Waals surface area contributed by atoms with Crippen LogP contribution < -0.4 is 10.6 Å². The van der Waals surface area contributed by atoms with E-state index in [0.717, 1.165) is 4.90 Å². The van der Waals surface area contributed by atoms with Crippen molar-refractivity contribution in [3.63, 3.8) is 0 Å². The third kappa shape index (κ3) is 3.60. The van der Waals surface area contributed by atoms with Crippen LogP contribution in [0.1, 0.15) is 37.3 Å². The zero-order valence-corrected chi connectivity index (χ0v) is 16.7. The van der Waals surface area contributed by atoms with Gasteiger partial charge in [0.2, 0.25) is 5.91 Å². The number of rotatable bonds is 5. The molecule has 2 heterocycles. The molecule has 4 rings (SSSR count). The topological polar surface area (TPSA) is 95.6 Å². The molecule has 2 N–H and O–H groups in total. The fraction of sp³-hybridized carbons (Fsp3) is 0.0909. The molecule has 0 saturated carbocycles. The van der Waals surface area contributed by atoms with Gasteiger partial charge in [0.15, 0.2) is 0 Å². The van der Waals surface area contributed by atoms with Crippen molar-refractivity contribution in [2.45, 2.75) is 13.0 Å². The minimum Gasteiger partial charge on any atom is -0.324 e. The predicted molar refractivity (Wildman–Crippen MR) is 114 cm³/mol. The largest absolute Gasteiger partial charge is 0.324 e. The van der Waals surface area contributed by atoms with Crippen molar-refractivity contribution in [2.24, 2.45) is 0 Å². The lowest BCUT2D eigenvalue weighted by molar-refractivity contribution is -0.119. The van der Waals surface area contributed by atoms with Crippen LogP contribution in [0.5, 0.6) is 0 Å². The smallest absolute Gasteiger partial charge is 0.265 e. The maximum Gasteiger partial charge on any atom is 0.265 e.